The van der Waals surface area contributed by atoms with Gasteiger partial charge >= 0.3 is 0 Å². The van der Waals surface area contributed by atoms with Gasteiger partial charge in [0.2, 0.25) is 0 Å². The molecule has 0 saturated heterocycles. The second-order valence-corrected chi connectivity index (χ2v) is 6.36. The predicted octanol–water partition coefficient (Wildman–Crippen LogP) is 3.14. The number of amides is 1. The summed E-state index contributed by atoms with van der Waals surface area (Å²) in [5, 5.41) is 14.4. The van der Waals surface area contributed by atoms with Gasteiger partial charge in [0.05, 0.1) is 36.5 Å². The molecule has 4 heterocycles. The topological polar surface area (TPSA) is 111 Å². The first-order valence-corrected chi connectivity index (χ1v) is 9.04. The van der Waals surface area contributed by atoms with Gasteiger partial charge in [-0.2, -0.15) is 10.2 Å². The standard InChI is InChI=1S/C20H20N6O3/c1-13-15(11-22-24-13)14-6-9-29-19(14)20(27)23-17-12-26(8-10-28-2)25-18(17)16-5-3-4-7-21-16/h3-7,9,11-12H,8,10H2,1-2H3,(H,22,24)(H,23,27). The monoisotopic (exact) mass is 392 g/mol. The van der Waals surface area contributed by atoms with Crippen molar-refractivity contribution < 1.29 is 13.9 Å². The maximum atomic E-state index is 13.0. The second kappa shape index (κ2) is 8.11. The number of hydrogen-bond donors (Lipinski definition) is 2. The average molecular weight is 392 g/mol. The number of H-pyrrole nitrogens is 1. The van der Waals surface area contributed by atoms with Crippen LogP contribution in [0.15, 0.2) is 53.5 Å². The number of methoxy groups -OCH3 is 1. The molecule has 0 atom stereocenters. The van der Waals surface area contributed by atoms with Crippen molar-refractivity contribution in [2.75, 3.05) is 19.0 Å². The van der Waals surface area contributed by atoms with Crippen LogP contribution in [-0.4, -0.2) is 44.6 Å². The zero-order valence-electron chi connectivity index (χ0n) is 16.0. The van der Waals surface area contributed by atoms with E-state index in [2.05, 4.69) is 25.6 Å². The highest BCUT2D eigenvalue weighted by Crippen LogP contribution is 2.29. The predicted molar refractivity (Wildman–Crippen MR) is 106 cm³/mol. The van der Waals surface area contributed by atoms with Crippen LogP contribution in [0.3, 0.4) is 0 Å². The number of nitrogens with zero attached hydrogens (tertiary/aromatic N) is 4. The van der Waals surface area contributed by atoms with Gasteiger partial charge in [-0.15, -0.1) is 0 Å². The van der Waals surface area contributed by atoms with Crippen LogP contribution in [0, 0.1) is 6.92 Å². The van der Waals surface area contributed by atoms with Crippen LogP contribution in [0.25, 0.3) is 22.5 Å². The summed E-state index contributed by atoms with van der Waals surface area (Å²) < 4.78 is 12.3. The van der Waals surface area contributed by atoms with Gasteiger partial charge in [0.25, 0.3) is 5.91 Å². The third kappa shape index (κ3) is 3.81. The maximum absolute atomic E-state index is 13.0. The number of rotatable bonds is 7. The SMILES string of the molecule is COCCn1cc(NC(=O)c2occc2-c2c[nH]nc2C)c(-c2ccccn2)n1. The molecule has 0 aromatic carbocycles. The number of carbonyl (C=O) groups is 1. The van der Waals surface area contributed by atoms with E-state index in [0.717, 1.165) is 11.3 Å². The lowest BCUT2D eigenvalue weighted by Crippen LogP contribution is -2.12. The van der Waals surface area contributed by atoms with Crippen molar-refractivity contribution in [3.05, 3.63) is 60.6 Å². The van der Waals surface area contributed by atoms with Crippen molar-refractivity contribution in [1.29, 1.82) is 0 Å². The largest absolute Gasteiger partial charge is 0.458 e. The number of carbonyl (C=O) groups excluding carboxylic acids is 1. The number of anilines is 1. The molecule has 0 fully saturated rings. The Balaban J connectivity index is 1.66. The van der Waals surface area contributed by atoms with Crippen molar-refractivity contribution >= 4 is 11.6 Å². The minimum atomic E-state index is -0.380. The van der Waals surface area contributed by atoms with Gasteiger partial charge in [-0.25, -0.2) is 0 Å². The Morgan fingerprint density at radius 1 is 1.31 bits per heavy atom. The summed E-state index contributed by atoms with van der Waals surface area (Å²) in [4.78, 5) is 17.3. The van der Waals surface area contributed by atoms with E-state index in [1.54, 1.807) is 36.4 Å². The molecular weight excluding hydrogens is 372 g/mol. The van der Waals surface area contributed by atoms with E-state index in [1.807, 2.05) is 25.1 Å². The number of ether oxygens (including phenoxy) is 1. The van der Waals surface area contributed by atoms with Gasteiger partial charge in [0.1, 0.15) is 5.69 Å². The molecule has 2 N–H and O–H groups in total. The summed E-state index contributed by atoms with van der Waals surface area (Å²) in [5.41, 5.74) is 4.02. The zero-order chi connectivity index (χ0) is 20.2. The molecule has 4 aromatic rings. The molecule has 0 unspecified atom stereocenters. The number of aromatic amines is 1. The Morgan fingerprint density at radius 2 is 2.21 bits per heavy atom. The zero-order valence-corrected chi connectivity index (χ0v) is 16.0. The van der Waals surface area contributed by atoms with Gasteiger partial charge in [0.15, 0.2) is 5.76 Å². The summed E-state index contributed by atoms with van der Waals surface area (Å²) in [5.74, 6) is -0.180. The molecule has 0 aliphatic carbocycles. The quantitative estimate of drug-likeness (QED) is 0.500. The van der Waals surface area contributed by atoms with Gasteiger partial charge in [-0.05, 0) is 25.1 Å². The molecule has 148 valence electrons. The van der Waals surface area contributed by atoms with Crippen LogP contribution >= 0.6 is 0 Å². The van der Waals surface area contributed by atoms with Crippen LogP contribution in [0.1, 0.15) is 16.2 Å². The molecule has 0 saturated carbocycles. The van der Waals surface area contributed by atoms with Crippen LogP contribution in [-0.2, 0) is 11.3 Å². The van der Waals surface area contributed by atoms with Crippen LogP contribution < -0.4 is 5.32 Å². The summed E-state index contributed by atoms with van der Waals surface area (Å²) in [7, 11) is 1.63. The van der Waals surface area contributed by atoms with Gasteiger partial charge in [0, 0.05) is 36.8 Å². The summed E-state index contributed by atoms with van der Waals surface area (Å²) in [6.45, 7) is 2.91. The average Bonchev–Trinajstić information content (AvgIpc) is 3.46. The van der Waals surface area contributed by atoms with Gasteiger partial charge in [-0.3, -0.25) is 19.6 Å². The van der Waals surface area contributed by atoms with Crippen LogP contribution in [0.4, 0.5) is 5.69 Å². The molecule has 9 nitrogen and oxygen atoms in total. The number of hydrogen-bond acceptors (Lipinski definition) is 6. The van der Waals surface area contributed by atoms with Crippen molar-refractivity contribution in [3.63, 3.8) is 0 Å². The lowest BCUT2D eigenvalue weighted by molar-refractivity contribution is 0.0997. The van der Waals surface area contributed by atoms with E-state index >= 15 is 0 Å². The second-order valence-electron chi connectivity index (χ2n) is 6.36. The Kier molecular flexibility index (Phi) is 5.21. The smallest absolute Gasteiger partial charge is 0.292 e. The number of nitrogens with one attached hydrogen (secondary N) is 2. The molecule has 4 aromatic heterocycles. The molecule has 29 heavy (non-hydrogen) atoms. The van der Waals surface area contributed by atoms with Crippen molar-refractivity contribution in [1.82, 2.24) is 25.0 Å². The van der Waals surface area contributed by atoms with E-state index in [-0.39, 0.29) is 11.7 Å². The van der Waals surface area contributed by atoms with Gasteiger partial charge in [-0.1, -0.05) is 6.07 Å². The molecule has 0 aliphatic heterocycles. The normalized spacial score (nSPS) is 11.0. The number of aryl methyl sites for hydroxylation is 1. The molecule has 0 radical (unpaired) electrons. The van der Waals surface area contributed by atoms with E-state index in [0.29, 0.717) is 35.8 Å². The number of pyridine rings is 1. The lowest BCUT2D eigenvalue weighted by Gasteiger charge is -2.05. The van der Waals surface area contributed by atoms with E-state index < -0.39 is 0 Å². The molecule has 9 heteroatoms. The third-order valence-corrected chi connectivity index (χ3v) is 4.43. The Labute approximate surface area is 166 Å². The molecule has 0 aliphatic rings. The highest BCUT2D eigenvalue weighted by molar-refractivity contribution is 6.08. The fraction of sp³-hybridized carbons (Fsp3) is 0.200. The maximum Gasteiger partial charge on any atom is 0.292 e. The fourth-order valence-corrected chi connectivity index (χ4v) is 3.01. The first-order chi connectivity index (χ1) is 14.2. The minimum absolute atomic E-state index is 0.200. The minimum Gasteiger partial charge on any atom is -0.458 e. The number of furan rings is 1. The highest BCUT2D eigenvalue weighted by Gasteiger charge is 2.22. The molecule has 0 spiro atoms. The molecule has 0 bridgehead atoms. The molecule has 4 rings (SSSR count). The van der Waals surface area contributed by atoms with Crippen molar-refractivity contribution in [3.8, 4) is 22.5 Å². The molecular formula is C20H20N6O3. The van der Waals surface area contributed by atoms with Crippen molar-refractivity contribution in [2.45, 2.75) is 13.5 Å². The fourth-order valence-electron chi connectivity index (χ4n) is 3.01. The summed E-state index contributed by atoms with van der Waals surface area (Å²) in [6.07, 6.45) is 6.66. The van der Waals surface area contributed by atoms with Gasteiger partial charge < -0.3 is 14.5 Å². The highest BCUT2D eigenvalue weighted by atomic mass is 16.5. The summed E-state index contributed by atoms with van der Waals surface area (Å²) >= 11 is 0. The first kappa shape index (κ1) is 18.6. The number of aromatic nitrogens is 5. The van der Waals surface area contributed by atoms with E-state index in [4.69, 9.17) is 9.15 Å². The van der Waals surface area contributed by atoms with Crippen LogP contribution in [0.5, 0.6) is 0 Å². The summed E-state index contributed by atoms with van der Waals surface area (Å²) in [6, 6.07) is 7.28. The Hall–Kier alpha value is -3.72. The Bertz CT molecular complexity index is 1110. The van der Waals surface area contributed by atoms with Crippen molar-refractivity contribution in [2.24, 2.45) is 0 Å². The van der Waals surface area contributed by atoms with Crippen LogP contribution in [0.2, 0.25) is 0 Å². The third-order valence-electron chi connectivity index (χ3n) is 4.43. The van der Waals surface area contributed by atoms with E-state index in [9.17, 15) is 4.79 Å². The Morgan fingerprint density at radius 3 is 2.93 bits per heavy atom. The lowest BCUT2D eigenvalue weighted by atomic mass is 10.1. The molecule has 1 amide bonds. The first-order valence-electron chi connectivity index (χ1n) is 9.04. The van der Waals surface area contributed by atoms with E-state index in [1.165, 1.54) is 6.26 Å².